The van der Waals surface area contributed by atoms with Crippen molar-refractivity contribution in [3.05, 3.63) is 35.9 Å². The number of rotatable bonds is 6. The number of carbonyl (C=O) groups is 2. The first kappa shape index (κ1) is 24.6. The second-order valence-electron chi connectivity index (χ2n) is 9.63. The Morgan fingerprint density at radius 1 is 1.06 bits per heavy atom. The molecule has 9 nitrogen and oxygen atoms in total. The van der Waals surface area contributed by atoms with E-state index in [-0.39, 0.29) is 11.5 Å². The van der Waals surface area contributed by atoms with Gasteiger partial charge in [-0.25, -0.2) is 9.59 Å². The van der Waals surface area contributed by atoms with Gasteiger partial charge >= 0.3 is 11.9 Å². The highest BCUT2D eigenvalue weighted by Crippen LogP contribution is 2.40. The molecular formula is C23H32O9. The maximum absolute atomic E-state index is 13.2. The van der Waals surface area contributed by atoms with Crippen LogP contribution in [0, 0.1) is 11.3 Å². The molecule has 1 saturated heterocycles. The Bertz CT molecular complexity index is 796. The summed E-state index contributed by atoms with van der Waals surface area (Å²) in [4.78, 5) is 24.5. The predicted octanol–water partition coefficient (Wildman–Crippen LogP) is 1.39. The highest BCUT2D eigenvalue weighted by Gasteiger charge is 2.49. The first-order valence-electron chi connectivity index (χ1n) is 10.8. The molecule has 0 radical (unpaired) electrons. The molecule has 0 amide bonds. The fraction of sp³-hybridized carbons (Fsp3) is 0.652. The van der Waals surface area contributed by atoms with Crippen molar-refractivity contribution in [3.63, 3.8) is 0 Å². The second-order valence-corrected chi connectivity index (χ2v) is 9.63. The van der Waals surface area contributed by atoms with E-state index in [0.717, 1.165) is 6.42 Å². The molecule has 8 unspecified atom stereocenters. The molecule has 0 aromatic heterocycles. The molecule has 1 saturated carbocycles. The maximum atomic E-state index is 13.2. The van der Waals surface area contributed by atoms with Crippen molar-refractivity contribution in [2.24, 2.45) is 11.3 Å². The van der Waals surface area contributed by atoms with Crippen LogP contribution in [0.2, 0.25) is 0 Å². The zero-order valence-electron chi connectivity index (χ0n) is 18.5. The molecule has 4 N–H and O–H groups in total. The van der Waals surface area contributed by atoms with Crippen LogP contribution < -0.4 is 0 Å². The smallest absolute Gasteiger partial charge is 0.340 e. The largest absolute Gasteiger partial charge is 0.479 e. The number of carboxylic acid groups (broad SMARTS) is 1. The van der Waals surface area contributed by atoms with Crippen LogP contribution in [0.1, 0.15) is 51.7 Å². The topological polar surface area (TPSA) is 143 Å². The summed E-state index contributed by atoms with van der Waals surface area (Å²) in [5, 5.41) is 39.5. The fourth-order valence-electron chi connectivity index (χ4n) is 4.77. The van der Waals surface area contributed by atoms with Crippen molar-refractivity contribution in [3.8, 4) is 0 Å². The van der Waals surface area contributed by atoms with Crippen LogP contribution in [0.25, 0.3) is 0 Å². The summed E-state index contributed by atoms with van der Waals surface area (Å²) in [7, 11) is 0. The van der Waals surface area contributed by atoms with Crippen LogP contribution in [-0.4, -0.2) is 69.2 Å². The Morgan fingerprint density at radius 2 is 1.72 bits per heavy atom. The van der Waals surface area contributed by atoms with Crippen molar-refractivity contribution in [2.75, 3.05) is 0 Å². The maximum Gasteiger partial charge on any atom is 0.340 e. The molecule has 0 bridgehead atoms. The molecule has 3 rings (SSSR count). The van der Waals surface area contributed by atoms with Gasteiger partial charge in [-0.2, -0.15) is 0 Å². The molecule has 0 spiro atoms. The number of aliphatic hydroxyl groups excluding tert-OH is 3. The van der Waals surface area contributed by atoms with Gasteiger partial charge in [0.15, 0.2) is 18.5 Å². The van der Waals surface area contributed by atoms with Crippen LogP contribution >= 0.6 is 0 Å². The lowest BCUT2D eigenvalue weighted by Gasteiger charge is -2.40. The third kappa shape index (κ3) is 5.65. The van der Waals surface area contributed by atoms with E-state index in [1.165, 1.54) is 0 Å². The zero-order chi connectivity index (χ0) is 23.6. The normalized spacial score (nSPS) is 35.6. The van der Waals surface area contributed by atoms with Gasteiger partial charge in [-0.3, -0.25) is 0 Å². The minimum atomic E-state index is -1.85. The average Bonchev–Trinajstić information content (AvgIpc) is 2.70. The van der Waals surface area contributed by atoms with Gasteiger partial charge in [-0.15, -0.1) is 0 Å². The summed E-state index contributed by atoms with van der Waals surface area (Å²) in [6.45, 7) is 6.36. The monoisotopic (exact) mass is 452 g/mol. The first-order valence-corrected chi connectivity index (χ1v) is 10.8. The minimum absolute atomic E-state index is 0.0172. The van der Waals surface area contributed by atoms with Gasteiger partial charge < -0.3 is 34.6 Å². The molecular weight excluding hydrogens is 420 g/mol. The third-order valence-electron chi connectivity index (χ3n) is 6.03. The van der Waals surface area contributed by atoms with Crippen LogP contribution in [-0.2, 0) is 23.8 Å². The molecule has 2 fully saturated rings. The van der Waals surface area contributed by atoms with Gasteiger partial charge in [0.25, 0.3) is 0 Å². The van der Waals surface area contributed by atoms with Crippen LogP contribution in [0.3, 0.4) is 0 Å². The van der Waals surface area contributed by atoms with Crippen molar-refractivity contribution in [2.45, 2.75) is 82.9 Å². The molecule has 9 heteroatoms. The van der Waals surface area contributed by atoms with Crippen molar-refractivity contribution >= 4 is 11.9 Å². The van der Waals surface area contributed by atoms with Gasteiger partial charge in [0, 0.05) is 0 Å². The lowest BCUT2D eigenvalue weighted by molar-refractivity contribution is -0.305. The van der Waals surface area contributed by atoms with Crippen molar-refractivity contribution in [1.29, 1.82) is 0 Å². The quantitative estimate of drug-likeness (QED) is 0.471. The van der Waals surface area contributed by atoms with Crippen LogP contribution in [0.5, 0.6) is 0 Å². The molecule has 1 heterocycles. The Balaban J connectivity index is 1.80. The molecule has 1 aliphatic heterocycles. The summed E-state index contributed by atoms with van der Waals surface area (Å²) in [5.41, 5.74) is 0.437. The predicted molar refractivity (Wildman–Crippen MR) is 111 cm³/mol. The Kier molecular flexibility index (Phi) is 7.57. The average molecular weight is 453 g/mol. The number of benzene rings is 1. The SMILES string of the molecule is CC1CC(OC(=O)C(OC2OC(C(=O)O)C(O)C(O)C2O)c2ccccc2)CC(C)(C)C1. The Labute approximate surface area is 186 Å². The number of aliphatic carboxylic acids is 1. The van der Waals surface area contributed by atoms with Gasteiger partial charge in [-0.1, -0.05) is 51.1 Å². The van der Waals surface area contributed by atoms with E-state index in [9.17, 15) is 30.0 Å². The number of hydrogen-bond donors (Lipinski definition) is 4. The van der Waals surface area contributed by atoms with E-state index >= 15 is 0 Å². The summed E-state index contributed by atoms with van der Waals surface area (Å²) >= 11 is 0. The Hall–Kier alpha value is -2.04. The van der Waals surface area contributed by atoms with Crippen LogP contribution in [0.4, 0.5) is 0 Å². The van der Waals surface area contributed by atoms with Crippen molar-refractivity contribution in [1.82, 2.24) is 0 Å². The van der Waals surface area contributed by atoms with E-state index in [0.29, 0.717) is 24.3 Å². The number of carboxylic acids is 1. The Morgan fingerprint density at radius 3 is 2.31 bits per heavy atom. The highest BCUT2D eigenvalue weighted by molar-refractivity contribution is 5.77. The molecule has 1 aromatic rings. The summed E-state index contributed by atoms with van der Waals surface area (Å²) in [6.07, 6.45) is -8.16. The summed E-state index contributed by atoms with van der Waals surface area (Å²) in [5.74, 6) is -1.85. The first-order chi connectivity index (χ1) is 15.0. The number of carbonyl (C=O) groups excluding carboxylic acids is 1. The molecule has 8 atom stereocenters. The number of aliphatic hydroxyl groups is 3. The second kappa shape index (κ2) is 9.84. The van der Waals surface area contributed by atoms with E-state index in [2.05, 4.69) is 20.8 Å². The minimum Gasteiger partial charge on any atom is -0.479 e. The number of hydrogen-bond acceptors (Lipinski definition) is 8. The van der Waals surface area contributed by atoms with E-state index in [1.807, 2.05) is 0 Å². The van der Waals surface area contributed by atoms with E-state index < -0.39 is 48.7 Å². The van der Waals surface area contributed by atoms with E-state index in [4.69, 9.17) is 14.2 Å². The van der Waals surface area contributed by atoms with E-state index in [1.54, 1.807) is 30.3 Å². The standard InChI is InChI=1S/C23H32O9/c1-12-9-14(11-23(2,3)10-12)30-21(29)18(13-7-5-4-6-8-13)31-22-17(26)15(24)16(25)19(32-22)20(27)28/h4-8,12,14-19,22,24-26H,9-11H2,1-3H3,(H,27,28). The van der Waals surface area contributed by atoms with Crippen molar-refractivity contribution < 1.29 is 44.2 Å². The van der Waals surface area contributed by atoms with Crippen LogP contribution in [0.15, 0.2) is 30.3 Å². The highest BCUT2D eigenvalue weighted by atomic mass is 16.7. The zero-order valence-corrected chi connectivity index (χ0v) is 18.5. The summed E-state index contributed by atoms with van der Waals surface area (Å²) < 4.78 is 16.7. The molecule has 32 heavy (non-hydrogen) atoms. The third-order valence-corrected chi connectivity index (χ3v) is 6.03. The lowest BCUT2D eigenvalue weighted by atomic mass is 9.71. The summed E-state index contributed by atoms with van der Waals surface area (Å²) in [6, 6.07) is 8.41. The molecule has 1 aliphatic carbocycles. The number of ether oxygens (including phenoxy) is 3. The van der Waals surface area contributed by atoms with Gasteiger partial charge in [0.2, 0.25) is 0 Å². The lowest BCUT2D eigenvalue weighted by Crippen LogP contribution is -2.60. The number of esters is 1. The fourth-order valence-corrected chi connectivity index (χ4v) is 4.77. The van der Waals surface area contributed by atoms with Gasteiger partial charge in [-0.05, 0) is 36.2 Å². The molecule has 1 aromatic carbocycles. The van der Waals surface area contributed by atoms with Gasteiger partial charge in [0.1, 0.15) is 24.4 Å². The van der Waals surface area contributed by atoms with Gasteiger partial charge in [0.05, 0.1) is 0 Å². The molecule has 178 valence electrons. The molecule has 2 aliphatic rings.